The first kappa shape index (κ1) is 44.8. The van der Waals surface area contributed by atoms with Crippen LogP contribution < -0.4 is 0 Å². The van der Waals surface area contributed by atoms with Crippen LogP contribution in [0.5, 0.6) is 0 Å². The highest BCUT2D eigenvalue weighted by Gasteiger charge is 2.32. The first-order chi connectivity index (χ1) is 38.3. The van der Waals surface area contributed by atoms with Crippen LogP contribution in [0.1, 0.15) is 16.7 Å². The average Bonchev–Trinajstić information content (AvgIpc) is 4.42. The topological polar surface area (TPSA) is 67.3 Å². The third-order valence-corrected chi connectivity index (χ3v) is 15.6. The molecule has 6 nitrogen and oxygen atoms in total. The largest absolute Gasteiger partial charge is 0.416 e. The minimum Gasteiger partial charge on any atom is -0.309 e. The Bertz CT molecular complexity index is 5100. The van der Waals surface area contributed by atoms with Gasteiger partial charge in [-0.3, -0.25) is 0 Å². The van der Waals surface area contributed by atoms with Crippen molar-refractivity contribution in [2.75, 3.05) is 0 Å². The van der Waals surface area contributed by atoms with Crippen molar-refractivity contribution in [1.29, 1.82) is 10.5 Å². The van der Waals surface area contributed by atoms with E-state index in [-0.39, 0.29) is 5.56 Å². The molecule has 366 valence electrons. The molecule has 9 heteroatoms. The zero-order chi connectivity index (χ0) is 52.4. The second-order valence-electron chi connectivity index (χ2n) is 19.7. The van der Waals surface area contributed by atoms with Gasteiger partial charge in [0.15, 0.2) is 0 Å². The van der Waals surface area contributed by atoms with Crippen molar-refractivity contribution in [3.8, 4) is 57.1 Å². The van der Waals surface area contributed by atoms with Crippen molar-refractivity contribution >= 4 is 87.2 Å². The molecule has 0 fully saturated rings. The lowest BCUT2D eigenvalue weighted by Crippen LogP contribution is -2.05. The molecule has 0 aliphatic carbocycles. The molecule has 0 saturated carbocycles. The van der Waals surface area contributed by atoms with E-state index in [0.717, 1.165) is 133 Å². The quantitative estimate of drug-likeness (QED) is 0.167. The van der Waals surface area contributed by atoms with Gasteiger partial charge in [-0.2, -0.15) is 23.7 Å². The zero-order valence-electron chi connectivity index (χ0n) is 41.3. The maximum atomic E-state index is 14.2. The summed E-state index contributed by atoms with van der Waals surface area (Å²) in [5, 5.41) is 29.8. The van der Waals surface area contributed by atoms with Crippen LogP contribution in [0.25, 0.3) is 132 Å². The summed E-state index contributed by atoms with van der Waals surface area (Å²) in [4.78, 5) is 0. The maximum Gasteiger partial charge on any atom is 0.416 e. The van der Waals surface area contributed by atoms with Crippen LogP contribution in [0.2, 0.25) is 0 Å². The summed E-state index contributed by atoms with van der Waals surface area (Å²) < 4.78 is 51.9. The fourth-order valence-electron chi connectivity index (χ4n) is 12.4. The third-order valence-electron chi connectivity index (χ3n) is 15.6. The molecule has 0 aliphatic rings. The number of nitriles is 2. The van der Waals surface area contributed by atoms with Crippen LogP contribution in [-0.4, -0.2) is 18.3 Å². The third kappa shape index (κ3) is 6.49. The molecule has 0 atom stereocenters. The summed E-state index contributed by atoms with van der Waals surface area (Å²) in [6, 6.07) is 82.7. The lowest BCUT2D eigenvalue weighted by molar-refractivity contribution is -0.137. The normalized spacial score (nSPS) is 12.0. The van der Waals surface area contributed by atoms with E-state index < -0.39 is 11.7 Å². The number of fused-ring (bicyclic) bond motifs is 14. The molecule has 0 N–H and O–H groups in total. The molecule has 0 radical (unpaired) electrons. The Balaban J connectivity index is 1.08. The molecule has 4 aromatic heterocycles. The molecule has 0 aliphatic heterocycles. The smallest absolute Gasteiger partial charge is 0.309 e. The summed E-state index contributed by atoms with van der Waals surface area (Å²) >= 11 is 0. The Kier molecular flexibility index (Phi) is 9.75. The molecule has 0 spiro atoms. The van der Waals surface area contributed by atoms with Crippen LogP contribution in [0, 0.1) is 22.7 Å². The Morgan fingerprint density at radius 1 is 0.333 bits per heavy atom. The zero-order valence-corrected chi connectivity index (χ0v) is 41.3. The van der Waals surface area contributed by atoms with Crippen LogP contribution in [0.3, 0.4) is 0 Å². The van der Waals surface area contributed by atoms with Gasteiger partial charge in [0.25, 0.3) is 0 Å². The van der Waals surface area contributed by atoms with Crippen molar-refractivity contribution in [2.45, 2.75) is 6.18 Å². The van der Waals surface area contributed by atoms with Gasteiger partial charge >= 0.3 is 6.18 Å². The van der Waals surface area contributed by atoms with E-state index in [0.29, 0.717) is 16.7 Å². The molecular weight excluding hydrogens is 970 g/mol. The van der Waals surface area contributed by atoms with Crippen LogP contribution in [0.15, 0.2) is 237 Å². The highest BCUT2D eigenvalue weighted by Crippen LogP contribution is 2.48. The van der Waals surface area contributed by atoms with Gasteiger partial charge in [-0.1, -0.05) is 146 Å². The van der Waals surface area contributed by atoms with Crippen LogP contribution in [-0.2, 0) is 6.18 Å². The van der Waals surface area contributed by atoms with E-state index in [1.54, 1.807) is 0 Å². The number of benzene rings is 11. The maximum absolute atomic E-state index is 14.2. The molecule has 4 heterocycles. The Hall–Kier alpha value is -10.6. The van der Waals surface area contributed by atoms with E-state index in [1.807, 2.05) is 78.9 Å². The number of nitrogens with zero attached hydrogens (tertiary/aromatic N) is 6. The molecule has 0 bridgehead atoms. The molecule has 15 rings (SSSR count). The lowest BCUT2D eigenvalue weighted by atomic mass is 9.93. The summed E-state index contributed by atoms with van der Waals surface area (Å²) in [5.74, 6) is 0. The van der Waals surface area contributed by atoms with Crippen molar-refractivity contribution in [3.63, 3.8) is 0 Å². The summed E-state index contributed by atoms with van der Waals surface area (Å²) in [6.45, 7) is 0. The molecule has 0 amide bonds. The number of alkyl halides is 3. The minimum atomic E-state index is -4.64. The first-order valence-corrected chi connectivity index (χ1v) is 25.6. The highest BCUT2D eigenvalue weighted by molar-refractivity contribution is 6.28. The summed E-state index contributed by atoms with van der Waals surface area (Å²) in [5.41, 5.74) is 13.5. The number of rotatable bonds is 6. The van der Waals surface area contributed by atoms with Gasteiger partial charge in [-0.15, -0.1) is 0 Å². The predicted molar refractivity (Wildman–Crippen MR) is 309 cm³/mol. The molecule has 0 saturated heterocycles. The first-order valence-electron chi connectivity index (χ1n) is 25.6. The highest BCUT2D eigenvalue weighted by atomic mass is 19.4. The van der Waals surface area contributed by atoms with Crippen LogP contribution in [0.4, 0.5) is 13.2 Å². The van der Waals surface area contributed by atoms with Crippen molar-refractivity contribution in [2.24, 2.45) is 0 Å². The molecular formula is C69H39F3N6. The molecule has 78 heavy (non-hydrogen) atoms. The molecule has 11 aromatic carbocycles. The van der Waals surface area contributed by atoms with Gasteiger partial charge in [0.2, 0.25) is 0 Å². The minimum absolute atomic E-state index is 0.0941. The number of aromatic nitrogens is 4. The van der Waals surface area contributed by atoms with Gasteiger partial charge in [-0.05, 0) is 102 Å². The Morgan fingerprint density at radius 3 is 1.26 bits per heavy atom. The summed E-state index contributed by atoms with van der Waals surface area (Å²) in [7, 11) is 0. The van der Waals surface area contributed by atoms with Crippen molar-refractivity contribution < 1.29 is 13.2 Å². The molecule has 0 unspecified atom stereocenters. The van der Waals surface area contributed by atoms with Gasteiger partial charge in [0.05, 0.1) is 84.3 Å². The monoisotopic (exact) mass is 1010 g/mol. The van der Waals surface area contributed by atoms with E-state index in [2.05, 4.69) is 170 Å². The predicted octanol–water partition coefficient (Wildman–Crippen LogP) is 18.2. The standard InChI is InChI=1S/C69H39F3N6/c70-69(71,72)45-29-32-48(44(38-45)41-74)43-28-31-52(64(39-43)78-60-26-14-10-22-56(60)66-62(78)36-34-54-50-20-8-12-24-58(50)76(68(54)66)47-17-5-2-6-18-47)51-30-27-42(40-73)37-63(51)77-59-25-13-9-21-55(59)65-61(77)35-33-53-49-19-7-11-23-57(49)75(67(53)65)46-15-3-1-4-16-46/h1-39H. The number of para-hydroxylation sites is 6. The fourth-order valence-corrected chi connectivity index (χ4v) is 12.4. The van der Waals surface area contributed by atoms with E-state index in [4.69, 9.17) is 0 Å². The van der Waals surface area contributed by atoms with Gasteiger partial charge in [0, 0.05) is 65.6 Å². The number of halogens is 3. The average molecular weight is 1010 g/mol. The number of hydrogen-bond acceptors (Lipinski definition) is 2. The van der Waals surface area contributed by atoms with E-state index in [9.17, 15) is 23.7 Å². The Morgan fingerprint density at radius 2 is 0.769 bits per heavy atom. The number of hydrogen-bond donors (Lipinski definition) is 0. The lowest BCUT2D eigenvalue weighted by Gasteiger charge is -2.20. The molecule has 15 aromatic rings. The Labute approximate surface area is 443 Å². The second-order valence-corrected chi connectivity index (χ2v) is 19.7. The SMILES string of the molecule is N#Cc1ccc(-c2ccc(-c3ccc(C(F)(F)F)cc3C#N)cc2-n2c3ccccc3c3c2ccc2c4ccccc4n(-c4ccccc4)c23)c(-n2c3ccccc3c3c2ccc2c4ccccc4n(-c4ccccc4)c23)c1. The van der Waals surface area contributed by atoms with Crippen molar-refractivity contribution in [1.82, 2.24) is 18.3 Å². The van der Waals surface area contributed by atoms with Crippen molar-refractivity contribution in [3.05, 3.63) is 253 Å². The van der Waals surface area contributed by atoms with Gasteiger partial charge in [0.1, 0.15) is 0 Å². The van der Waals surface area contributed by atoms with Crippen LogP contribution >= 0.6 is 0 Å². The van der Waals surface area contributed by atoms with Gasteiger partial charge in [-0.25, -0.2) is 0 Å². The summed E-state index contributed by atoms with van der Waals surface area (Å²) in [6.07, 6.45) is -4.64. The van der Waals surface area contributed by atoms with E-state index >= 15 is 0 Å². The van der Waals surface area contributed by atoms with E-state index in [1.165, 1.54) is 6.07 Å². The van der Waals surface area contributed by atoms with Gasteiger partial charge < -0.3 is 18.3 Å². The second kappa shape index (κ2) is 17.0. The fraction of sp³-hybridized carbons (Fsp3) is 0.0145.